The number of benzene rings is 2. The number of nitrogens with zero attached hydrogens (tertiary/aromatic N) is 10. The average Bonchev–Trinajstić information content (AvgIpc) is 4.14. The number of amides is 2. The van der Waals surface area contributed by atoms with E-state index in [9.17, 15) is 47.9 Å². The first-order valence-electron chi connectivity index (χ1n) is 19.3. The lowest BCUT2D eigenvalue weighted by Crippen LogP contribution is -2.22. The van der Waals surface area contributed by atoms with Crippen LogP contribution in [0.4, 0.5) is 29.2 Å². The largest absolute Gasteiger partial charge is 0.391 e. The fraction of sp³-hybridized carbons (Fsp3) is 0.238. The summed E-state index contributed by atoms with van der Waals surface area (Å²) in [5.74, 6) is -3.15. The summed E-state index contributed by atoms with van der Waals surface area (Å²) >= 11 is 0. The number of fused-ring (bicyclic) bond motifs is 2. The van der Waals surface area contributed by atoms with Crippen molar-refractivity contribution in [1.82, 2.24) is 40.2 Å². The highest BCUT2D eigenvalue weighted by Crippen LogP contribution is 2.35. The summed E-state index contributed by atoms with van der Waals surface area (Å²) in [5.41, 5.74) is 2.10. The van der Waals surface area contributed by atoms with E-state index in [4.69, 9.17) is 0 Å². The Kier molecular flexibility index (Phi) is 10.1. The molecule has 16 nitrogen and oxygen atoms in total. The Morgan fingerprint density at radius 3 is 1.42 bits per heavy atom. The fourth-order valence-corrected chi connectivity index (χ4v) is 8.03. The minimum absolute atomic E-state index is 0.00363. The van der Waals surface area contributed by atoms with Gasteiger partial charge >= 0.3 is 0 Å². The third-order valence-corrected chi connectivity index (χ3v) is 10.9. The molecule has 4 aromatic heterocycles. The Morgan fingerprint density at radius 2 is 1.05 bits per heavy atom. The molecule has 0 radical (unpaired) electrons. The second-order valence-corrected chi connectivity index (χ2v) is 14.9. The Morgan fingerprint density at radius 1 is 0.629 bits per heavy atom. The number of aliphatic hydroxyl groups is 2. The lowest BCUT2D eigenvalue weighted by atomic mass is 10.0. The summed E-state index contributed by atoms with van der Waals surface area (Å²) < 4.78 is 61.1. The van der Waals surface area contributed by atoms with Gasteiger partial charge in [0.25, 0.3) is 11.8 Å². The molecular weight excluding hydrogens is 813 g/mol. The van der Waals surface area contributed by atoms with Gasteiger partial charge in [0.2, 0.25) is 0 Å². The second kappa shape index (κ2) is 15.7. The average molecular weight is 845 g/mol. The number of pyridine rings is 2. The number of nitrogens with one attached hydrogen (secondary N) is 2. The topological polar surface area (TPSA) is 214 Å². The molecule has 0 aliphatic carbocycles. The highest BCUT2D eigenvalue weighted by Gasteiger charge is 2.32. The summed E-state index contributed by atoms with van der Waals surface area (Å²) in [6.45, 7) is 1.68. The maximum atomic E-state index is 14.7. The zero-order valence-corrected chi connectivity index (χ0v) is 32.3. The standard InChI is InChI=1S/2C21H16F2N6O2/c2*22-13-3-1-2-11(7-24)18(13)15-6-17(19-16(26-15)8-25-21(19)31)29-10-14(23)20(27-29)28-5-4-12(30)9-28/h2*1-3,6,10,12,30H,4-5,8-9H2,(H,25,31)/t12-;/m1./s1. The summed E-state index contributed by atoms with van der Waals surface area (Å²) in [6, 6.07) is 15.0. The fourth-order valence-electron chi connectivity index (χ4n) is 8.03. The first-order chi connectivity index (χ1) is 29.9. The van der Waals surface area contributed by atoms with Gasteiger partial charge in [0, 0.05) is 26.2 Å². The number of carbonyl (C=O) groups excluding carboxylic acids is 2. The van der Waals surface area contributed by atoms with Crippen LogP contribution in [-0.4, -0.2) is 89.9 Å². The van der Waals surface area contributed by atoms with Gasteiger partial charge in [-0.1, -0.05) is 12.1 Å². The van der Waals surface area contributed by atoms with Crippen LogP contribution in [0.25, 0.3) is 33.9 Å². The van der Waals surface area contributed by atoms with E-state index in [-0.39, 0.29) is 94.0 Å². The van der Waals surface area contributed by atoms with E-state index < -0.39 is 47.3 Å². The van der Waals surface area contributed by atoms with Crippen LogP contribution in [0, 0.1) is 45.9 Å². The van der Waals surface area contributed by atoms with Crippen molar-refractivity contribution < 1.29 is 37.4 Å². The molecular formula is C42H32F4N12O4. The maximum Gasteiger partial charge on any atom is 0.255 e. The molecule has 0 spiro atoms. The summed E-state index contributed by atoms with van der Waals surface area (Å²) in [7, 11) is 0. The molecule has 2 aromatic carbocycles. The van der Waals surface area contributed by atoms with Crippen LogP contribution in [0.15, 0.2) is 60.9 Å². The number of hydrogen-bond acceptors (Lipinski definition) is 12. The van der Waals surface area contributed by atoms with Crippen LogP contribution in [0.1, 0.15) is 56.1 Å². The number of aromatic nitrogens is 6. The molecule has 1 unspecified atom stereocenters. The van der Waals surface area contributed by atoms with E-state index in [0.29, 0.717) is 37.3 Å². The molecule has 4 aliphatic heterocycles. The van der Waals surface area contributed by atoms with Crippen molar-refractivity contribution in [1.29, 1.82) is 10.5 Å². The number of halogens is 4. The van der Waals surface area contributed by atoms with E-state index in [2.05, 4.69) is 30.8 Å². The first-order valence-corrected chi connectivity index (χ1v) is 19.3. The molecule has 2 amide bonds. The molecule has 62 heavy (non-hydrogen) atoms. The molecule has 10 rings (SSSR count). The number of nitriles is 2. The van der Waals surface area contributed by atoms with Crippen molar-refractivity contribution in [2.45, 2.75) is 38.1 Å². The number of β-amino-alcohol motifs (C(OH)–C–C–N with tert-alkyl or cyclic N) is 2. The van der Waals surface area contributed by atoms with Gasteiger partial charge in [0.1, 0.15) is 11.6 Å². The Balaban J connectivity index is 0.000000158. The molecule has 8 heterocycles. The monoisotopic (exact) mass is 844 g/mol. The van der Waals surface area contributed by atoms with Crippen LogP contribution in [0.5, 0.6) is 0 Å². The summed E-state index contributed by atoms with van der Waals surface area (Å²) in [6.07, 6.45) is 2.17. The smallest absolute Gasteiger partial charge is 0.255 e. The van der Waals surface area contributed by atoms with E-state index in [1.54, 1.807) is 9.80 Å². The van der Waals surface area contributed by atoms with Gasteiger partial charge in [-0.05, 0) is 49.2 Å². The molecule has 0 bridgehead atoms. The minimum atomic E-state index is -0.631. The number of aliphatic hydroxyl groups excluding tert-OH is 2. The van der Waals surface area contributed by atoms with Gasteiger partial charge in [-0.25, -0.2) is 36.9 Å². The Labute approximate surface area is 348 Å². The van der Waals surface area contributed by atoms with Gasteiger partial charge in [0.15, 0.2) is 23.3 Å². The van der Waals surface area contributed by atoms with Gasteiger partial charge in [-0.15, -0.1) is 10.2 Å². The van der Waals surface area contributed by atoms with Crippen molar-refractivity contribution in [3.05, 3.63) is 118 Å². The molecule has 6 aromatic rings. The van der Waals surface area contributed by atoms with Crippen molar-refractivity contribution in [2.75, 3.05) is 36.0 Å². The van der Waals surface area contributed by atoms with E-state index in [1.807, 2.05) is 12.1 Å². The molecule has 0 saturated carbocycles. The third kappa shape index (κ3) is 7.00. The highest BCUT2D eigenvalue weighted by molar-refractivity contribution is 6.02. The van der Waals surface area contributed by atoms with E-state index in [0.717, 1.165) is 12.4 Å². The lowest BCUT2D eigenvalue weighted by molar-refractivity contribution is 0.0957. The van der Waals surface area contributed by atoms with Crippen molar-refractivity contribution in [3.8, 4) is 46.0 Å². The van der Waals surface area contributed by atoms with Crippen molar-refractivity contribution in [2.24, 2.45) is 0 Å². The third-order valence-electron chi connectivity index (χ3n) is 10.9. The normalized spacial score (nSPS) is 17.5. The van der Waals surface area contributed by atoms with Crippen molar-refractivity contribution in [3.63, 3.8) is 0 Å². The van der Waals surface area contributed by atoms with Crippen LogP contribution in [0.2, 0.25) is 0 Å². The molecule has 2 atom stereocenters. The highest BCUT2D eigenvalue weighted by atomic mass is 19.1. The molecule has 312 valence electrons. The maximum absolute atomic E-state index is 14.7. The van der Waals surface area contributed by atoms with Crippen LogP contribution >= 0.6 is 0 Å². The Bertz CT molecular complexity index is 2730. The van der Waals surface area contributed by atoms with Gasteiger partial charge in [-0.2, -0.15) is 10.5 Å². The molecule has 4 aliphatic rings. The molecule has 20 heteroatoms. The van der Waals surface area contributed by atoms with Gasteiger partial charge in [-0.3, -0.25) is 9.59 Å². The second-order valence-electron chi connectivity index (χ2n) is 14.9. The van der Waals surface area contributed by atoms with Crippen LogP contribution < -0.4 is 20.4 Å². The molecule has 2 fully saturated rings. The van der Waals surface area contributed by atoms with Gasteiger partial charge < -0.3 is 30.6 Å². The van der Waals surface area contributed by atoms with Crippen LogP contribution in [-0.2, 0) is 13.1 Å². The van der Waals surface area contributed by atoms with E-state index in [1.165, 1.54) is 57.9 Å². The minimum Gasteiger partial charge on any atom is -0.391 e. The van der Waals surface area contributed by atoms with E-state index >= 15 is 0 Å². The predicted octanol–water partition coefficient (Wildman–Crippen LogP) is 3.80. The Hall–Kier alpha value is -7.68. The quantitative estimate of drug-likeness (QED) is 0.176. The number of rotatable bonds is 6. The molecule has 4 N–H and O–H groups in total. The zero-order chi connectivity index (χ0) is 43.4. The number of carbonyl (C=O) groups is 2. The van der Waals surface area contributed by atoms with Crippen molar-refractivity contribution >= 4 is 23.5 Å². The summed E-state index contributed by atoms with van der Waals surface area (Å²) in [4.78, 5) is 36.9. The zero-order valence-electron chi connectivity index (χ0n) is 32.3. The lowest BCUT2D eigenvalue weighted by Gasteiger charge is -2.14. The van der Waals surface area contributed by atoms with Gasteiger partial charge in [0.05, 0.1) is 117 Å². The number of anilines is 2. The van der Waals surface area contributed by atoms with Crippen LogP contribution in [0.3, 0.4) is 0 Å². The summed E-state index contributed by atoms with van der Waals surface area (Å²) in [5, 5.41) is 52.2. The first kappa shape index (κ1) is 39.8. The SMILES string of the molecule is N#Cc1cccc(F)c1-c1cc(-n2cc(F)c(N3CCC(O)C3)n2)c2c(n1)CNC2=O.N#Cc1cccc(F)c1-c1cc(-n2cc(F)c(N3CC[C@@H](O)C3)n2)c2c(n1)CNC2=O. The molecule has 2 saturated heterocycles. The predicted molar refractivity (Wildman–Crippen MR) is 211 cm³/mol. The number of hydrogen-bond donors (Lipinski definition) is 4.